The lowest BCUT2D eigenvalue weighted by molar-refractivity contribution is 0.846. The molecule has 0 atom stereocenters. The molecule has 0 fully saturated rings. The first kappa shape index (κ1) is 10.6. The molecule has 1 aromatic heterocycles. The van der Waals surface area contributed by atoms with Gasteiger partial charge in [-0.3, -0.25) is 0 Å². The molecule has 3 nitrogen and oxygen atoms in total. The topological polar surface area (TPSA) is 42.1 Å². The van der Waals surface area contributed by atoms with Gasteiger partial charge < -0.3 is 10.6 Å². The van der Waals surface area contributed by atoms with Crippen LogP contribution >= 0.6 is 0 Å². The van der Waals surface area contributed by atoms with E-state index in [0.717, 1.165) is 24.5 Å². The van der Waals surface area contributed by atoms with E-state index in [1.807, 2.05) is 12.1 Å². The molecule has 3 heteroatoms. The lowest BCUT2D eigenvalue weighted by Gasteiger charge is -2.20. The molecule has 0 spiro atoms. The third kappa shape index (κ3) is 2.25. The van der Waals surface area contributed by atoms with E-state index in [0.29, 0.717) is 5.70 Å². The molecule has 14 heavy (non-hydrogen) atoms. The largest absolute Gasteiger partial charge is 0.399 e. The van der Waals surface area contributed by atoms with E-state index in [2.05, 4.69) is 30.3 Å². The monoisotopic (exact) mass is 191 g/mol. The molecule has 0 aliphatic heterocycles. The predicted octanol–water partition coefficient (Wildman–Crippen LogP) is 1.86. The molecule has 2 N–H and O–H groups in total. The smallest absolute Gasteiger partial charge is 0.129 e. The quantitative estimate of drug-likeness (QED) is 0.789. The highest BCUT2D eigenvalue weighted by atomic mass is 15.2. The zero-order valence-electron chi connectivity index (χ0n) is 8.83. The van der Waals surface area contributed by atoms with Crippen molar-refractivity contribution in [2.24, 2.45) is 5.73 Å². The van der Waals surface area contributed by atoms with Gasteiger partial charge in [0.25, 0.3) is 0 Å². The van der Waals surface area contributed by atoms with Gasteiger partial charge in [0.2, 0.25) is 0 Å². The van der Waals surface area contributed by atoms with E-state index in [4.69, 9.17) is 5.73 Å². The lowest BCUT2D eigenvalue weighted by Crippen LogP contribution is -2.23. The Bertz CT molecular complexity index is 316. The summed E-state index contributed by atoms with van der Waals surface area (Å²) in [5.41, 5.74) is 7.16. The molecule has 0 saturated carbocycles. The van der Waals surface area contributed by atoms with Crippen LogP contribution in [-0.2, 0) is 0 Å². The Kier molecular flexibility index (Phi) is 3.51. The van der Waals surface area contributed by atoms with E-state index in [9.17, 15) is 0 Å². The lowest BCUT2D eigenvalue weighted by atomic mass is 10.2. The first-order valence-electron chi connectivity index (χ1n) is 4.84. The summed E-state index contributed by atoms with van der Waals surface area (Å²) < 4.78 is 0. The normalized spacial score (nSPS) is 9.86. The second-order valence-corrected chi connectivity index (χ2v) is 3.10. The second-order valence-electron chi connectivity index (χ2n) is 3.10. The minimum atomic E-state index is 0.584. The summed E-state index contributed by atoms with van der Waals surface area (Å²) in [6.45, 7) is 9.82. The summed E-state index contributed by atoms with van der Waals surface area (Å²) in [5, 5.41) is 0. The van der Waals surface area contributed by atoms with Crippen molar-refractivity contribution in [2.75, 3.05) is 18.0 Å². The number of nitrogens with two attached hydrogens (primary N) is 1. The first-order chi connectivity index (χ1) is 6.69. The number of aromatic nitrogens is 1. The molecule has 0 aliphatic carbocycles. The second kappa shape index (κ2) is 4.65. The van der Waals surface area contributed by atoms with Crippen molar-refractivity contribution in [2.45, 2.75) is 13.8 Å². The summed E-state index contributed by atoms with van der Waals surface area (Å²) >= 11 is 0. The standard InChI is InChI=1S/C11H17N3/c1-4-14(5-2)11-8-10(9(3)12)6-7-13-11/h6-8H,3-5,12H2,1-2H3. The molecule has 1 heterocycles. The highest BCUT2D eigenvalue weighted by Gasteiger charge is 2.03. The van der Waals surface area contributed by atoms with Crippen LogP contribution < -0.4 is 10.6 Å². The van der Waals surface area contributed by atoms with E-state index in [-0.39, 0.29) is 0 Å². The molecule has 1 rings (SSSR count). The molecule has 76 valence electrons. The average Bonchev–Trinajstić information content (AvgIpc) is 2.20. The van der Waals surface area contributed by atoms with Gasteiger partial charge >= 0.3 is 0 Å². The van der Waals surface area contributed by atoms with E-state index < -0.39 is 0 Å². The van der Waals surface area contributed by atoms with Gasteiger partial charge in [-0.05, 0) is 26.0 Å². The van der Waals surface area contributed by atoms with Crippen LogP contribution in [0.5, 0.6) is 0 Å². The van der Waals surface area contributed by atoms with E-state index >= 15 is 0 Å². The van der Waals surface area contributed by atoms with Crippen molar-refractivity contribution < 1.29 is 0 Å². The summed E-state index contributed by atoms with van der Waals surface area (Å²) in [5.74, 6) is 0.958. The van der Waals surface area contributed by atoms with Gasteiger partial charge in [-0.1, -0.05) is 6.58 Å². The highest BCUT2D eigenvalue weighted by Crippen LogP contribution is 2.14. The van der Waals surface area contributed by atoms with Crippen molar-refractivity contribution in [3.63, 3.8) is 0 Å². The van der Waals surface area contributed by atoms with E-state index in [1.165, 1.54) is 0 Å². The maximum Gasteiger partial charge on any atom is 0.129 e. The van der Waals surface area contributed by atoms with Crippen LogP contribution in [0, 0.1) is 0 Å². The molecule has 0 aliphatic rings. The van der Waals surface area contributed by atoms with Crippen molar-refractivity contribution >= 4 is 11.5 Å². The summed E-state index contributed by atoms with van der Waals surface area (Å²) in [7, 11) is 0. The number of hydrogen-bond acceptors (Lipinski definition) is 3. The minimum Gasteiger partial charge on any atom is -0.399 e. The van der Waals surface area contributed by atoms with Crippen LogP contribution in [0.25, 0.3) is 5.70 Å². The molecule has 0 unspecified atom stereocenters. The third-order valence-corrected chi connectivity index (χ3v) is 2.20. The number of pyridine rings is 1. The number of nitrogens with zero attached hydrogens (tertiary/aromatic N) is 2. The Morgan fingerprint density at radius 3 is 2.64 bits per heavy atom. The Labute approximate surface area is 85.3 Å². The molecule has 0 radical (unpaired) electrons. The SMILES string of the molecule is C=C(N)c1ccnc(N(CC)CC)c1. The number of anilines is 1. The fraction of sp³-hybridized carbons (Fsp3) is 0.364. The fourth-order valence-corrected chi connectivity index (χ4v) is 1.34. The number of hydrogen-bond donors (Lipinski definition) is 1. The van der Waals surface area contributed by atoms with Gasteiger partial charge in [-0.2, -0.15) is 0 Å². The van der Waals surface area contributed by atoms with Crippen molar-refractivity contribution in [3.8, 4) is 0 Å². The third-order valence-electron chi connectivity index (χ3n) is 2.20. The van der Waals surface area contributed by atoms with Gasteiger partial charge in [0, 0.05) is 30.5 Å². The van der Waals surface area contributed by atoms with Crippen LogP contribution in [0.4, 0.5) is 5.82 Å². The zero-order valence-corrected chi connectivity index (χ0v) is 8.83. The average molecular weight is 191 g/mol. The Balaban J connectivity index is 2.98. The number of rotatable bonds is 4. The van der Waals surface area contributed by atoms with Crippen molar-refractivity contribution in [3.05, 3.63) is 30.5 Å². The zero-order chi connectivity index (χ0) is 10.6. The summed E-state index contributed by atoms with van der Waals surface area (Å²) in [6.07, 6.45) is 1.76. The fourth-order valence-electron chi connectivity index (χ4n) is 1.34. The minimum absolute atomic E-state index is 0.584. The maximum atomic E-state index is 5.62. The first-order valence-corrected chi connectivity index (χ1v) is 4.84. The van der Waals surface area contributed by atoms with Crippen molar-refractivity contribution in [1.82, 2.24) is 4.98 Å². The summed E-state index contributed by atoms with van der Waals surface area (Å²) in [4.78, 5) is 6.47. The molecule has 0 saturated heterocycles. The van der Waals surface area contributed by atoms with Crippen LogP contribution in [0.3, 0.4) is 0 Å². The van der Waals surface area contributed by atoms with Crippen LogP contribution in [0.15, 0.2) is 24.9 Å². The van der Waals surface area contributed by atoms with Crippen LogP contribution in [-0.4, -0.2) is 18.1 Å². The molecular weight excluding hydrogens is 174 g/mol. The highest BCUT2D eigenvalue weighted by molar-refractivity contribution is 5.63. The Hall–Kier alpha value is -1.51. The van der Waals surface area contributed by atoms with Crippen LogP contribution in [0.2, 0.25) is 0 Å². The molecule has 0 aromatic carbocycles. The predicted molar refractivity (Wildman–Crippen MR) is 61.0 cm³/mol. The summed E-state index contributed by atoms with van der Waals surface area (Å²) in [6, 6.07) is 3.84. The van der Waals surface area contributed by atoms with Gasteiger partial charge in [0.1, 0.15) is 5.82 Å². The van der Waals surface area contributed by atoms with Crippen LogP contribution in [0.1, 0.15) is 19.4 Å². The maximum absolute atomic E-state index is 5.62. The van der Waals surface area contributed by atoms with Gasteiger partial charge in [-0.25, -0.2) is 4.98 Å². The van der Waals surface area contributed by atoms with Gasteiger partial charge in [-0.15, -0.1) is 0 Å². The Morgan fingerprint density at radius 1 is 1.50 bits per heavy atom. The Morgan fingerprint density at radius 2 is 2.14 bits per heavy atom. The van der Waals surface area contributed by atoms with Gasteiger partial charge in [0.15, 0.2) is 0 Å². The van der Waals surface area contributed by atoms with Gasteiger partial charge in [0.05, 0.1) is 0 Å². The molecular formula is C11H17N3. The molecule has 1 aromatic rings. The molecule has 0 amide bonds. The van der Waals surface area contributed by atoms with E-state index in [1.54, 1.807) is 6.20 Å². The van der Waals surface area contributed by atoms with Crippen molar-refractivity contribution in [1.29, 1.82) is 0 Å². The molecule has 0 bridgehead atoms.